The average Bonchev–Trinajstić information content (AvgIpc) is 2.49. The molecule has 0 bridgehead atoms. The van der Waals surface area contributed by atoms with Crippen LogP contribution < -0.4 is 15.0 Å². The van der Waals surface area contributed by atoms with Gasteiger partial charge >= 0.3 is 6.01 Å². The topological polar surface area (TPSA) is 72.4 Å². The number of aromatic nitrogens is 3. The highest BCUT2D eigenvalue weighted by Gasteiger charge is 2.18. The SMILES string of the molecule is CCN(CC)c1nc(NC)nc(OC2CCOCC2)n1. The maximum atomic E-state index is 5.87. The summed E-state index contributed by atoms with van der Waals surface area (Å²) in [6, 6.07) is 0.387. The molecular formula is C13H23N5O2. The van der Waals surface area contributed by atoms with Crippen molar-refractivity contribution in [2.75, 3.05) is 43.6 Å². The van der Waals surface area contributed by atoms with Gasteiger partial charge in [-0.15, -0.1) is 0 Å². The van der Waals surface area contributed by atoms with E-state index in [1.807, 2.05) is 0 Å². The Kier molecular flexibility index (Phi) is 5.34. The molecule has 0 radical (unpaired) electrons. The molecule has 112 valence electrons. The zero-order valence-electron chi connectivity index (χ0n) is 12.4. The fourth-order valence-electron chi connectivity index (χ4n) is 2.10. The van der Waals surface area contributed by atoms with Crippen molar-refractivity contribution in [3.63, 3.8) is 0 Å². The van der Waals surface area contributed by atoms with Gasteiger partial charge in [0, 0.05) is 33.0 Å². The van der Waals surface area contributed by atoms with Crippen molar-refractivity contribution in [2.24, 2.45) is 0 Å². The third-order valence-electron chi connectivity index (χ3n) is 3.31. The van der Waals surface area contributed by atoms with Crippen LogP contribution in [0.5, 0.6) is 6.01 Å². The summed E-state index contributed by atoms with van der Waals surface area (Å²) >= 11 is 0. The highest BCUT2D eigenvalue weighted by molar-refractivity contribution is 5.37. The number of rotatable bonds is 6. The van der Waals surface area contributed by atoms with Gasteiger partial charge in [-0.25, -0.2) is 0 Å². The lowest BCUT2D eigenvalue weighted by atomic mass is 10.2. The summed E-state index contributed by atoms with van der Waals surface area (Å²) in [6.07, 6.45) is 1.88. The molecule has 1 aliphatic rings. The first-order valence-electron chi connectivity index (χ1n) is 7.20. The van der Waals surface area contributed by atoms with E-state index in [9.17, 15) is 0 Å². The van der Waals surface area contributed by atoms with Crippen LogP contribution in [0.2, 0.25) is 0 Å². The van der Waals surface area contributed by atoms with Gasteiger partial charge in [0.2, 0.25) is 11.9 Å². The van der Waals surface area contributed by atoms with E-state index in [1.54, 1.807) is 7.05 Å². The van der Waals surface area contributed by atoms with Gasteiger partial charge in [0.15, 0.2) is 0 Å². The van der Waals surface area contributed by atoms with E-state index in [4.69, 9.17) is 9.47 Å². The van der Waals surface area contributed by atoms with E-state index in [0.717, 1.165) is 39.1 Å². The van der Waals surface area contributed by atoms with E-state index in [1.165, 1.54) is 0 Å². The van der Waals surface area contributed by atoms with Gasteiger partial charge in [0.05, 0.1) is 13.2 Å². The Hall–Kier alpha value is -1.63. The van der Waals surface area contributed by atoms with Crippen LogP contribution in [-0.2, 0) is 4.74 Å². The lowest BCUT2D eigenvalue weighted by Crippen LogP contribution is -2.28. The summed E-state index contributed by atoms with van der Waals surface area (Å²) in [5.74, 6) is 1.18. The standard InChI is InChI=1S/C13H23N5O2/c1-4-18(5-2)12-15-11(14-3)16-13(17-12)20-10-6-8-19-9-7-10/h10H,4-9H2,1-3H3,(H,14,15,16,17). The van der Waals surface area contributed by atoms with E-state index < -0.39 is 0 Å². The van der Waals surface area contributed by atoms with Crippen molar-refractivity contribution < 1.29 is 9.47 Å². The quantitative estimate of drug-likeness (QED) is 0.843. The molecule has 20 heavy (non-hydrogen) atoms. The largest absolute Gasteiger partial charge is 0.460 e. The van der Waals surface area contributed by atoms with Gasteiger partial charge < -0.3 is 19.7 Å². The average molecular weight is 281 g/mol. The molecule has 0 amide bonds. The number of nitrogens with one attached hydrogen (secondary N) is 1. The van der Waals surface area contributed by atoms with Crippen LogP contribution in [0, 0.1) is 0 Å². The Morgan fingerprint density at radius 1 is 1.20 bits per heavy atom. The van der Waals surface area contributed by atoms with Crippen LogP contribution >= 0.6 is 0 Å². The van der Waals surface area contributed by atoms with Crippen molar-refractivity contribution >= 4 is 11.9 Å². The lowest BCUT2D eigenvalue weighted by Gasteiger charge is -2.23. The van der Waals surface area contributed by atoms with Crippen LogP contribution in [0.3, 0.4) is 0 Å². The number of hydrogen-bond donors (Lipinski definition) is 1. The van der Waals surface area contributed by atoms with Crippen molar-refractivity contribution in [1.29, 1.82) is 0 Å². The molecule has 2 heterocycles. The molecule has 7 heteroatoms. The third-order valence-corrected chi connectivity index (χ3v) is 3.31. The van der Waals surface area contributed by atoms with Crippen molar-refractivity contribution in [3.05, 3.63) is 0 Å². The fourth-order valence-corrected chi connectivity index (χ4v) is 2.10. The van der Waals surface area contributed by atoms with Gasteiger partial charge in [-0.2, -0.15) is 15.0 Å². The zero-order chi connectivity index (χ0) is 14.4. The van der Waals surface area contributed by atoms with E-state index in [0.29, 0.717) is 17.9 Å². The molecule has 0 unspecified atom stereocenters. The van der Waals surface area contributed by atoms with Crippen molar-refractivity contribution in [1.82, 2.24) is 15.0 Å². The molecule has 7 nitrogen and oxygen atoms in total. The minimum atomic E-state index is 0.125. The molecule has 0 aliphatic carbocycles. The molecule has 1 saturated heterocycles. The summed E-state index contributed by atoms with van der Waals surface area (Å²) in [6.45, 7) is 7.31. The van der Waals surface area contributed by atoms with Crippen LogP contribution in [0.25, 0.3) is 0 Å². The minimum absolute atomic E-state index is 0.125. The number of nitrogens with zero attached hydrogens (tertiary/aromatic N) is 4. The highest BCUT2D eigenvalue weighted by Crippen LogP contribution is 2.18. The number of ether oxygens (including phenoxy) is 2. The van der Waals surface area contributed by atoms with E-state index >= 15 is 0 Å². The first-order chi connectivity index (χ1) is 9.76. The predicted octanol–water partition coefficient (Wildman–Crippen LogP) is 1.32. The monoisotopic (exact) mass is 281 g/mol. The Morgan fingerprint density at radius 3 is 2.50 bits per heavy atom. The van der Waals surface area contributed by atoms with E-state index in [2.05, 4.69) is 39.0 Å². The second-order valence-electron chi connectivity index (χ2n) is 4.59. The predicted molar refractivity (Wildman–Crippen MR) is 77.4 cm³/mol. The molecule has 1 aromatic heterocycles. The van der Waals surface area contributed by atoms with Gasteiger partial charge in [0.25, 0.3) is 0 Å². The summed E-state index contributed by atoms with van der Waals surface area (Å²) in [5, 5.41) is 2.95. The van der Waals surface area contributed by atoms with Crippen LogP contribution in [-0.4, -0.2) is 54.4 Å². The van der Waals surface area contributed by atoms with Crippen LogP contribution in [0.1, 0.15) is 26.7 Å². The number of anilines is 2. The second-order valence-corrected chi connectivity index (χ2v) is 4.59. The Morgan fingerprint density at radius 2 is 1.90 bits per heavy atom. The highest BCUT2D eigenvalue weighted by atomic mass is 16.5. The maximum Gasteiger partial charge on any atom is 0.323 e. The lowest BCUT2D eigenvalue weighted by molar-refractivity contribution is 0.0217. The Bertz CT molecular complexity index is 419. The molecule has 0 spiro atoms. The molecule has 0 atom stereocenters. The van der Waals surface area contributed by atoms with Crippen molar-refractivity contribution in [2.45, 2.75) is 32.8 Å². The maximum absolute atomic E-state index is 5.87. The molecule has 1 N–H and O–H groups in total. The van der Waals surface area contributed by atoms with Gasteiger partial charge in [-0.3, -0.25) is 0 Å². The van der Waals surface area contributed by atoms with Gasteiger partial charge in [-0.05, 0) is 13.8 Å². The second kappa shape index (κ2) is 7.23. The minimum Gasteiger partial charge on any atom is -0.460 e. The molecule has 1 fully saturated rings. The third kappa shape index (κ3) is 3.69. The molecule has 0 saturated carbocycles. The van der Waals surface area contributed by atoms with E-state index in [-0.39, 0.29) is 6.10 Å². The Balaban J connectivity index is 2.16. The molecule has 1 aliphatic heterocycles. The van der Waals surface area contributed by atoms with Crippen molar-refractivity contribution in [3.8, 4) is 6.01 Å². The van der Waals surface area contributed by atoms with Gasteiger partial charge in [0.1, 0.15) is 6.10 Å². The van der Waals surface area contributed by atoms with Crippen LogP contribution in [0.15, 0.2) is 0 Å². The molecular weight excluding hydrogens is 258 g/mol. The number of hydrogen-bond acceptors (Lipinski definition) is 7. The summed E-state index contributed by atoms with van der Waals surface area (Å²) < 4.78 is 11.2. The molecule has 0 aromatic carbocycles. The summed E-state index contributed by atoms with van der Waals surface area (Å²) in [7, 11) is 1.79. The summed E-state index contributed by atoms with van der Waals surface area (Å²) in [4.78, 5) is 15.1. The zero-order valence-corrected chi connectivity index (χ0v) is 12.4. The molecule has 1 aromatic rings. The fraction of sp³-hybridized carbons (Fsp3) is 0.769. The Labute approximate surface area is 119 Å². The first kappa shape index (κ1) is 14.8. The van der Waals surface area contributed by atoms with Gasteiger partial charge in [-0.1, -0.05) is 0 Å². The smallest absolute Gasteiger partial charge is 0.323 e. The van der Waals surface area contributed by atoms with Crippen LogP contribution in [0.4, 0.5) is 11.9 Å². The molecule has 2 rings (SSSR count). The first-order valence-corrected chi connectivity index (χ1v) is 7.20. The normalized spacial score (nSPS) is 15.9. The summed E-state index contributed by atoms with van der Waals surface area (Å²) in [5.41, 5.74) is 0.